The van der Waals surface area contributed by atoms with Crippen LogP contribution >= 0.6 is 0 Å². The van der Waals surface area contributed by atoms with Crippen LogP contribution in [0.25, 0.3) is 10.8 Å². The highest BCUT2D eigenvalue weighted by Crippen LogP contribution is 2.24. The van der Waals surface area contributed by atoms with E-state index in [2.05, 4.69) is 0 Å². The van der Waals surface area contributed by atoms with E-state index in [4.69, 9.17) is 0 Å². The average molecular weight is 187 g/mol. The third kappa shape index (κ3) is 1.29. The molecule has 0 aliphatic rings. The van der Waals surface area contributed by atoms with Gasteiger partial charge in [-0.05, 0) is 22.9 Å². The van der Waals surface area contributed by atoms with Crippen LogP contribution in [0.4, 0.5) is 0 Å². The monoisotopic (exact) mass is 187 g/mol. The lowest BCUT2D eigenvalue weighted by Gasteiger charge is -2.01. The van der Waals surface area contributed by atoms with Crippen LogP contribution in [0.15, 0.2) is 36.4 Å². The number of carbonyl (C=O) groups excluding carboxylic acids is 1. The van der Waals surface area contributed by atoms with Gasteiger partial charge in [0.1, 0.15) is 11.3 Å². The van der Waals surface area contributed by atoms with Crippen LogP contribution < -0.4 is 0 Å². The average Bonchev–Trinajstić information content (AvgIpc) is 2.16. The molecule has 2 aromatic rings. The SMILES string of the molecule is [O]C(=O)c1cc2ccccc2cc1O. The molecular formula is C11H7O3. The summed E-state index contributed by atoms with van der Waals surface area (Å²) in [7, 11) is 0. The fourth-order valence-electron chi connectivity index (χ4n) is 1.39. The highest BCUT2D eigenvalue weighted by molar-refractivity contribution is 5.97. The number of fused-ring (bicyclic) bond motifs is 1. The van der Waals surface area contributed by atoms with Gasteiger partial charge in [0.25, 0.3) is 0 Å². The summed E-state index contributed by atoms with van der Waals surface area (Å²) in [5, 5.41) is 21.5. The highest BCUT2D eigenvalue weighted by atomic mass is 16.4. The number of benzene rings is 2. The fraction of sp³-hybridized carbons (Fsp3) is 0. The topological polar surface area (TPSA) is 57.2 Å². The normalized spacial score (nSPS) is 10.3. The molecule has 2 aromatic carbocycles. The van der Waals surface area contributed by atoms with Crippen molar-refractivity contribution in [2.24, 2.45) is 0 Å². The molecule has 1 N–H and O–H groups in total. The standard InChI is InChI=1S/C11H7O3/c12-10-6-8-4-2-1-3-7(8)5-9(10)11(13)14/h1-6,12H. The zero-order valence-electron chi connectivity index (χ0n) is 7.23. The van der Waals surface area contributed by atoms with Crippen molar-refractivity contribution in [3.05, 3.63) is 42.0 Å². The van der Waals surface area contributed by atoms with Crippen LogP contribution in [-0.2, 0) is 5.11 Å². The zero-order valence-corrected chi connectivity index (χ0v) is 7.23. The summed E-state index contributed by atoms with van der Waals surface area (Å²) in [6, 6.07) is 10.0. The van der Waals surface area contributed by atoms with Crippen molar-refractivity contribution in [1.82, 2.24) is 0 Å². The Labute approximate surface area is 80.2 Å². The highest BCUT2D eigenvalue weighted by Gasteiger charge is 2.11. The van der Waals surface area contributed by atoms with Crippen LogP contribution in [0.2, 0.25) is 0 Å². The Bertz CT molecular complexity index is 503. The number of carbonyl (C=O) groups is 1. The Kier molecular flexibility index (Phi) is 1.85. The summed E-state index contributed by atoms with van der Waals surface area (Å²) in [6.07, 6.45) is 0. The summed E-state index contributed by atoms with van der Waals surface area (Å²) in [6.45, 7) is 0. The van der Waals surface area contributed by atoms with E-state index in [1.165, 1.54) is 12.1 Å². The Hall–Kier alpha value is -2.03. The molecular weight excluding hydrogens is 180 g/mol. The molecule has 0 aromatic heterocycles. The molecule has 0 fully saturated rings. The first-order chi connectivity index (χ1) is 6.68. The van der Waals surface area contributed by atoms with Crippen molar-refractivity contribution >= 4 is 16.7 Å². The Morgan fingerprint density at radius 2 is 1.64 bits per heavy atom. The van der Waals surface area contributed by atoms with Gasteiger partial charge in [0, 0.05) is 0 Å². The third-order valence-electron chi connectivity index (χ3n) is 2.08. The summed E-state index contributed by atoms with van der Waals surface area (Å²) in [5.41, 5.74) is -0.177. The van der Waals surface area contributed by atoms with Crippen molar-refractivity contribution in [2.75, 3.05) is 0 Å². The second-order valence-electron chi connectivity index (χ2n) is 3.00. The van der Waals surface area contributed by atoms with Gasteiger partial charge in [0.2, 0.25) is 0 Å². The Morgan fingerprint density at radius 3 is 2.21 bits per heavy atom. The van der Waals surface area contributed by atoms with Gasteiger partial charge < -0.3 is 5.11 Å². The van der Waals surface area contributed by atoms with Crippen LogP contribution in [0.5, 0.6) is 5.75 Å². The molecule has 0 aliphatic heterocycles. The number of hydrogen-bond acceptors (Lipinski definition) is 2. The van der Waals surface area contributed by atoms with E-state index in [0.29, 0.717) is 0 Å². The quantitative estimate of drug-likeness (QED) is 0.743. The molecule has 14 heavy (non-hydrogen) atoms. The van der Waals surface area contributed by atoms with Crippen LogP contribution in [0.3, 0.4) is 0 Å². The lowest BCUT2D eigenvalue weighted by Crippen LogP contribution is -1.94. The van der Waals surface area contributed by atoms with Gasteiger partial charge >= 0.3 is 5.97 Å². The fourth-order valence-corrected chi connectivity index (χ4v) is 1.39. The summed E-state index contributed by atoms with van der Waals surface area (Å²) in [5.74, 6) is -1.63. The number of aromatic hydroxyl groups is 1. The molecule has 0 heterocycles. The lowest BCUT2D eigenvalue weighted by atomic mass is 10.1. The second-order valence-corrected chi connectivity index (χ2v) is 3.00. The molecule has 0 aliphatic carbocycles. The van der Waals surface area contributed by atoms with Crippen molar-refractivity contribution in [3.63, 3.8) is 0 Å². The van der Waals surface area contributed by atoms with Crippen molar-refractivity contribution in [2.45, 2.75) is 0 Å². The smallest absolute Gasteiger partial charge is 0.390 e. The zero-order chi connectivity index (χ0) is 10.1. The lowest BCUT2D eigenvalue weighted by molar-refractivity contribution is 0.0570. The maximum atomic E-state index is 10.6. The van der Waals surface area contributed by atoms with Gasteiger partial charge in [0.15, 0.2) is 0 Å². The van der Waals surface area contributed by atoms with Gasteiger partial charge in [-0.2, -0.15) is 0 Å². The van der Waals surface area contributed by atoms with Crippen LogP contribution in [-0.4, -0.2) is 11.1 Å². The molecule has 3 heteroatoms. The first-order valence-electron chi connectivity index (χ1n) is 4.11. The van der Waals surface area contributed by atoms with Crippen molar-refractivity contribution in [3.8, 4) is 5.75 Å². The minimum Gasteiger partial charge on any atom is -0.507 e. The maximum absolute atomic E-state index is 10.6. The minimum atomic E-state index is -1.37. The van der Waals surface area contributed by atoms with E-state index >= 15 is 0 Å². The third-order valence-corrected chi connectivity index (χ3v) is 2.08. The van der Waals surface area contributed by atoms with Gasteiger partial charge in [-0.25, -0.2) is 9.90 Å². The molecule has 0 unspecified atom stereocenters. The molecule has 69 valence electrons. The van der Waals surface area contributed by atoms with Gasteiger partial charge in [0.05, 0.1) is 0 Å². The predicted octanol–water partition coefficient (Wildman–Crippen LogP) is 2.12. The van der Waals surface area contributed by atoms with Gasteiger partial charge in [-0.15, -0.1) is 0 Å². The molecule has 3 nitrogen and oxygen atoms in total. The first-order valence-corrected chi connectivity index (χ1v) is 4.11. The molecule has 0 spiro atoms. The van der Waals surface area contributed by atoms with Crippen molar-refractivity contribution in [1.29, 1.82) is 0 Å². The van der Waals surface area contributed by atoms with E-state index in [-0.39, 0.29) is 11.3 Å². The Morgan fingerprint density at radius 1 is 1.07 bits per heavy atom. The number of rotatable bonds is 1. The minimum absolute atomic E-state index is 0.177. The van der Waals surface area contributed by atoms with Crippen LogP contribution in [0, 0.1) is 0 Å². The molecule has 2 rings (SSSR count). The van der Waals surface area contributed by atoms with Gasteiger partial charge in [-0.1, -0.05) is 24.3 Å². The molecule has 0 amide bonds. The van der Waals surface area contributed by atoms with E-state index < -0.39 is 5.97 Å². The number of phenolic OH excluding ortho intramolecular Hbond substituents is 1. The molecule has 0 atom stereocenters. The van der Waals surface area contributed by atoms with E-state index in [1.807, 2.05) is 6.07 Å². The molecule has 0 saturated heterocycles. The number of hydrogen-bond donors (Lipinski definition) is 1. The van der Waals surface area contributed by atoms with E-state index in [0.717, 1.165) is 10.8 Å². The number of phenols is 1. The van der Waals surface area contributed by atoms with Gasteiger partial charge in [-0.3, -0.25) is 0 Å². The predicted molar refractivity (Wildman–Crippen MR) is 50.6 cm³/mol. The largest absolute Gasteiger partial charge is 0.507 e. The molecule has 0 saturated carbocycles. The van der Waals surface area contributed by atoms with Crippen molar-refractivity contribution < 1.29 is 15.0 Å². The molecule has 0 bridgehead atoms. The summed E-state index contributed by atoms with van der Waals surface area (Å²) < 4.78 is 0. The van der Waals surface area contributed by atoms with E-state index in [1.54, 1.807) is 18.2 Å². The Balaban J connectivity index is 2.77. The first kappa shape index (κ1) is 8.56. The summed E-state index contributed by atoms with van der Waals surface area (Å²) in [4.78, 5) is 10.6. The summed E-state index contributed by atoms with van der Waals surface area (Å²) >= 11 is 0. The van der Waals surface area contributed by atoms with E-state index in [9.17, 15) is 15.0 Å². The molecule has 1 radical (unpaired) electrons. The second kappa shape index (κ2) is 3.03. The van der Waals surface area contributed by atoms with Crippen LogP contribution in [0.1, 0.15) is 10.4 Å². The maximum Gasteiger partial charge on any atom is 0.390 e.